The van der Waals surface area contributed by atoms with Gasteiger partial charge in [0, 0.05) is 28.9 Å². The highest BCUT2D eigenvalue weighted by Gasteiger charge is 2.12. The van der Waals surface area contributed by atoms with Crippen LogP contribution >= 0.6 is 0 Å². The third-order valence-corrected chi connectivity index (χ3v) is 3.96. The van der Waals surface area contributed by atoms with Crippen molar-refractivity contribution >= 4 is 16.5 Å². The molecule has 6 heteroatoms. The zero-order valence-corrected chi connectivity index (χ0v) is 11.0. The van der Waals surface area contributed by atoms with Gasteiger partial charge in [-0.2, -0.15) is 5.26 Å². The van der Waals surface area contributed by atoms with Crippen LogP contribution < -0.4 is 5.32 Å². The highest BCUT2D eigenvalue weighted by molar-refractivity contribution is 7.84. The fourth-order valence-electron chi connectivity index (χ4n) is 1.37. The maximum Gasteiger partial charge on any atom is 0.150 e. The Kier molecular flexibility index (Phi) is 5.23. The van der Waals surface area contributed by atoms with Crippen molar-refractivity contribution in [2.24, 2.45) is 0 Å². The summed E-state index contributed by atoms with van der Waals surface area (Å²) in [5, 5.41) is 11.1. The zero-order valence-electron chi connectivity index (χ0n) is 10.2. The minimum atomic E-state index is -0.955. The third kappa shape index (κ3) is 3.77. The lowest BCUT2D eigenvalue weighted by Crippen LogP contribution is -2.16. The van der Waals surface area contributed by atoms with Crippen molar-refractivity contribution in [1.82, 2.24) is 0 Å². The largest absolute Gasteiger partial charge is 0.380 e. The molecule has 0 fully saturated rings. The topological polar surface area (TPSA) is 52.9 Å². The molecule has 0 saturated heterocycles. The molecule has 1 aromatic rings. The Morgan fingerprint density at radius 2 is 2.00 bits per heavy atom. The molecule has 18 heavy (non-hydrogen) atoms. The van der Waals surface area contributed by atoms with Gasteiger partial charge in [-0.3, -0.25) is 4.21 Å². The maximum atomic E-state index is 13.5. The molecule has 0 aromatic heterocycles. The van der Waals surface area contributed by atoms with E-state index in [-0.39, 0.29) is 16.5 Å². The molecule has 1 N–H and O–H groups in total. The van der Waals surface area contributed by atoms with Crippen LogP contribution in [0.5, 0.6) is 0 Å². The standard InChI is InChI=1S/C12H14F2N2OS/c1-8(18(2)17)3-4-16-12-10(13)5-9(7-15)6-11(12)14/h5-6,8,16H,3-4H2,1-2H3. The van der Waals surface area contributed by atoms with Gasteiger partial charge in [0.1, 0.15) is 5.69 Å². The summed E-state index contributed by atoms with van der Waals surface area (Å²) in [5.41, 5.74) is -0.304. The van der Waals surface area contributed by atoms with E-state index in [4.69, 9.17) is 5.26 Å². The summed E-state index contributed by atoms with van der Waals surface area (Å²) < 4.78 is 38.0. The quantitative estimate of drug-likeness (QED) is 0.895. The van der Waals surface area contributed by atoms with E-state index in [1.54, 1.807) is 12.3 Å². The normalized spacial score (nSPS) is 13.7. The second kappa shape index (κ2) is 6.45. The van der Waals surface area contributed by atoms with Crippen molar-refractivity contribution in [3.63, 3.8) is 0 Å². The maximum absolute atomic E-state index is 13.5. The summed E-state index contributed by atoms with van der Waals surface area (Å²) in [6.07, 6.45) is 2.13. The number of nitrogens with zero attached hydrogens (tertiary/aromatic N) is 1. The molecule has 0 aliphatic rings. The molecule has 2 atom stereocenters. The van der Waals surface area contributed by atoms with Crippen LogP contribution in [-0.4, -0.2) is 22.3 Å². The van der Waals surface area contributed by atoms with Crippen molar-refractivity contribution in [2.45, 2.75) is 18.6 Å². The van der Waals surface area contributed by atoms with Gasteiger partial charge in [0.2, 0.25) is 0 Å². The van der Waals surface area contributed by atoms with Gasteiger partial charge in [0.15, 0.2) is 11.6 Å². The molecule has 0 aliphatic carbocycles. The van der Waals surface area contributed by atoms with Gasteiger partial charge in [0.05, 0.1) is 11.6 Å². The molecule has 3 nitrogen and oxygen atoms in total. The van der Waals surface area contributed by atoms with Crippen LogP contribution in [0.4, 0.5) is 14.5 Å². The molecule has 0 aliphatic heterocycles. The summed E-state index contributed by atoms with van der Waals surface area (Å²) >= 11 is 0. The Labute approximate surface area is 107 Å². The van der Waals surface area contributed by atoms with Gasteiger partial charge >= 0.3 is 0 Å². The minimum absolute atomic E-state index is 0.0398. The molecule has 0 radical (unpaired) electrons. The molecule has 0 amide bonds. The summed E-state index contributed by atoms with van der Waals surface area (Å²) in [7, 11) is -0.955. The Hall–Kier alpha value is -1.48. The number of benzene rings is 1. The summed E-state index contributed by atoms with van der Waals surface area (Å²) in [6.45, 7) is 2.13. The number of hydrogen-bond acceptors (Lipinski definition) is 3. The number of nitriles is 1. The van der Waals surface area contributed by atoms with Gasteiger partial charge < -0.3 is 5.32 Å². The zero-order chi connectivity index (χ0) is 13.7. The number of hydrogen-bond donors (Lipinski definition) is 1. The van der Waals surface area contributed by atoms with E-state index in [2.05, 4.69) is 5.32 Å². The summed E-state index contributed by atoms with van der Waals surface area (Å²) in [4.78, 5) is 0. The van der Waals surface area contributed by atoms with Crippen molar-refractivity contribution in [1.29, 1.82) is 5.26 Å². The van der Waals surface area contributed by atoms with Crippen molar-refractivity contribution in [2.75, 3.05) is 18.1 Å². The number of anilines is 1. The smallest absolute Gasteiger partial charge is 0.150 e. The first-order valence-electron chi connectivity index (χ1n) is 5.41. The van der Waals surface area contributed by atoms with Crippen LogP contribution in [0.3, 0.4) is 0 Å². The van der Waals surface area contributed by atoms with Crippen LogP contribution in [0.25, 0.3) is 0 Å². The first kappa shape index (κ1) is 14.6. The molecule has 0 heterocycles. The summed E-state index contributed by atoms with van der Waals surface area (Å²) in [5.74, 6) is -1.59. The predicted molar refractivity (Wildman–Crippen MR) is 67.7 cm³/mol. The molecule has 2 unspecified atom stereocenters. The van der Waals surface area contributed by atoms with Crippen LogP contribution in [0.1, 0.15) is 18.9 Å². The van der Waals surface area contributed by atoms with E-state index in [1.165, 1.54) is 0 Å². The predicted octanol–water partition coefficient (Wildman–Crippen LogP) is 2.41. The molecule has 0 spiro atoms. The molecule has 1 aromatic carbocycles. The minimum Gasteiger partial charge on any atom is -0.380 e. The van der Waals surface area contributed by atoms with Gasteiger partial charge in [-0.25, -0.2) is 8.78 Å². The fraction of sp³-hybridized carbons (Fsp3) is 0.417. The Morgan fingerprint density at radius 3 is 2.44 bits per heavy atom. The lowest BCUT2D eigenvalue weighted by Gasteiger charge is -2.11. The van der Waals surface area contributed by atoms with Gasteiger partial charge in [-0.05, 0) is 18.6 Å². The molecular formula is C12H14F2N2OS. The van der Waals surface area contributed by atoms with E-state index < -0.39 is 22.4 Å². The van der Waals surface area contributed by atoms with E-state index in [0.717, 1.165) is 12.1 Å². The molecule has 1 rings (SSSR count). The molecule has 0 bridgehead atoms. The number of rotatable bonds is 5. The molecule has 98 valence electrons. The van der Waals surface area contributed by atoms with Gasteiger partial charge in [-0.1, -0.05) is 6.92 Å². The van der Waals surface area contributed by atoms with Gasteiger partial charge in [-0.15, -0.1) is 0 Å². The van der Waals surface area contributed by atoms with E-state index >= 15 is 0 Å². The second-order valence-corrected chi connectivity index (χ2v) is 5.75. The van der Waals surface area contributed by atoms with Crippen LogP contribution in [0.2, 0.25) is 0 Å². The second-order valence-electron chi connectivity index (χ2n) is 3.95. The van der Waals surface area contributed by atoms with Crippen LogP contribution in [-0.2, 0) is 10.8 Å². The van der Waals surface area contributed by atoms with E-state index in [0.29, 0.717) is 13.0 Å². The SMILES string of the molecule is CC(CCNc1c(F)cc(C#N)cc1F)S(C)=O. The molecular weight excluding hydrogens is 258 g/mol. The number of halogens is 2. The van der Waals surface area contributed by atoms with Crippen molar-refractivity contribution in [3.05, 3.63) is 29.3 Å². The van der Waals surface area contributed by atoms with E-state index in [1.807, 2.05) is 6.92 Å². The highest BCUT2D eigenvalue weighted by atomic mass is 32.2. The van der Waals surface area contributed by atoms with Crippen molar-refractivity contribution < 1.29 is 13.0 Å². The lowest BCUT2D eigenvalue weighted by atomic mass is 10.2. The van der Waals surface area contributed by atoms with Crippen LogP contribution in [0.15, 0.2) is 12.1 Å². The van der Waals surface area contributed by atoms with Crippen LogP contribution in [0, 0.1) is 23.0 Å². The third-order valence-electron chi connectivity index (χ3n) is 2.59. The highest BCUT2D eigenvalue weighted by Crippen LogP contribution is 2.20. The van der Waals surface area contributed by atoms with Gasteiger partial charge in [0.25, 0.3) is 0 Å². The first-order chi connectivity index (χ1) is 8.45. The van der Waals surface area contributed by atoms with Crippen molar-refractivity contribution in [3.8, 4) is 6.07 Å². The first-order valence-corrected chi connectivity index (χ1v) is 7.03. The summed E-state index contributed by atoms with van der Waals surface area (Å²) in [6, 6.07) is 3.64. The lowest BCUT2D eigenvalue weighted by molar-refractivity contribution is 0.586. The monoisotopic (exact) mass is 272 g/mol. The Balaban J connectivity index is 2.69. The number of nitrogens with one attached hydrogen (secondary N) is 1. The average molecular weight is 272 g/mol. The molecule has 0 saturated carbocycles. The Bertz CT molecular complexity index is 476. The average Bonchev–Trinajstić information content (AvgIpc) is 2.31. The Morgan fingerprint density at radius 1 is 1.44 bits per heavy atom. The van der Waals surface area contributed by atoms with E-state index in [9.17, 15) is 13.0 Å². The fourth-order valence-corrected chi connectivity index (χ4v) is 1.82.